The lowest BCUT2D eigenvalue weighted by Crippen LogP contribution is -1.93. The predicted octanol–water partition coefficient (Wildman–Crippen LogP) is 1.63. The molecule has 66 valence electrons. The maximum absolute atomic E-state index is 10.4. The van der Waals surface area contributed by atoms with Crippen molar-refractivity contribution in [2.45, 2.75) is 13.3 Å². The van der Waals surface area contributed by atoms with E-state index in [0.717, 1.165) is 17.8 Å². The third kappa shape index (κ3) is 2.20. The number of hydrogen-bond acceptors (Lipinski definition) is 4. The topological polar surface area (TPSA) is 59.4 Å². The Labute approximate surface area is 73.8 Å². The highest BCUT2D eigenvalue weighted by atomic mass is 32.1. The van der Waals surface area contributed by atoms with E-state index < -0.39 is 5.97 Å². The lowest BCUT2D eigenvalue weighted by molar-refractivity contribution is 0.0702. The van der Waals surface area contributed by atoms with Gasteiger partial charge >= 0.3 is 5.97 Å². The van der Waals surface area contributed by atoms with Crippen molar-refractivity contribution < 1.29 is 14.6 Å². The molecule has 0 aliphatic heterocycles. The van der Waals surface area contributed by atoms with Crippen molar-refractivity contribution >= 4 is 17.3 Å². The van der Waals surface area contributed by atoms with Crippen LogP contribution in [0.15, 0.2) is 6.20 Å². The number of rotatable bonds is 4. The van der Waals surface area contributed by atoms with Crippen LogP contribution in [0.3, 0.4) is 0 Å². The minimum Gasteiger partial charge on any atom is -0.477 e. The molecule has 1 heterocycles. The van der Waals surface area contributed by atoms with E-state index in [1.165, 1.54) is 6.20 Å². The number of ether oxygens (including phenoxy) is 1. The van der Waals surface area contributed by atoms with Gasteiger partial charge in [-0.25, -0.2) is 9.78 Å². The second kappa shape index (κ2) is 4.06. The Kier molecular flexibility index (Phi) is 3.04. The Morgan fingerprint density at radius 2 is 2.58 bits per heavy atom. The Balaban J connectivity index is 2.58. The molecule has 0 bridgehead atoms. The summed E-state index contributed by atoms with van der Waals surface area (Å²) >= 11 is 1.05. The van der Waals surface area contributed by atoms with Crippen molar-refractivity contribution in [1.29, 1.82) is 0 Å². The number of carboxylic acids is 1. The van der Waals surface area contributed by atoms with Crippen molar-refractivity contribution in [2.75, 3.05) is 6.61 Å². The van der Waals surface area contributed by atoms with E-state index in [1.807, 2.05) is 6.92 Å². The molecule has 5 heteroatoms. The summed E-state index contributed by atoms with van der Waals surface area (Å²) in [7, 11) is 0. The molecule has 4 nitrogen and oxygen atoms in total. The van der Waals surface area contributed by atoms with E-state index in [9.17, 15) is 4.79 Å². The van der Waals surface area contributed by atoms with Crippen molar-refractivity contribution in [3.8, 4) is 5.19 Å². The molecule has 0 aromatic carbocycles. The van der Waals surface area contributed by atoms with Crippen LogP contribution in [-0.2, 0) is 0 Å². The van der Waals surface area contributed by atoms with Crippen molar-refractivity contribution in [1.82, 2.24) is 4.98 Å². The quantitative estimate of drug-likeness (QED) is 0.778. The first-order valence-corrected chi connectivity index (χ1v) is 4.37. The molecule has 12 heavy (non-hydrogen) atoms. The fourth-order valence-electron chi connectivity index (χ4n) is 0.613. The number of hydrogen-bond donors (Lipinski definition) is 1. The van der Waals surface area contributed by atoms with E-state index in [0.29, 0.717) is 11.8 Å². The second-order valence-corrected chi connectivity index (χ2v) is 3.14. The molecule has 0 aliphatic carbocycles. The zero-order chi connectivity index (χ0) is 8.97. The highest BCUT2D eigenvalue weighted by Gasteiger charge is 2.08. The van der Waals surface area contributed by atoms with Crippen LogP contribution in [0.1, 0.15) is 23.0 Å². The van der Waals surface area contributed by atoms with Crippen molar-refractivity contribution in [3.63, 3.8) is 0 Å². The number of nitrogens with zero attached hydrogens (tertiary/aromatic N) is 1. The monoisotopic (exact) mass is 187 g/mol. The third-order valence-electron chi connectivity index (χ3n) is 1.12. The highest BCUT2D eigenvalue weighted by molar-refractivity contribution is 7.15. The summed E-state index contributed by atoms with van der Waals surface area (Å²) in [6.45, 7) is 2.55. The zero-order valence-corrected chi connectivity index (χ0v) is 7.43. The van der Waals surface area contributed by atoms with Crippen LogP contribution in [0.25, 0.3) is 0 Å². The van der Waals surface area contributed by atoms with E-state index in [1.54, 1.807) is 0 Å². The van der Waals surface area contributed by atoms with Gasteiger partial charge in [-0.1, -0.05) is 18.3 Å². The van der Waals surface area contributed by atoms with Gasteiger partial charge in [-0.05, 0) is 6.42 Å². The van der Waals surface area contributed by atoms with Crippen molar-refractivity contribution in [3.05, 3.63) is 11.1 Å². The minimum atomic E-state index is -0.959. The molecule has 0 amide bonds. The highest BCUT2D eigenvalue weighted by Crippen LogP contribution is 2.20. The third-order valence-corrected chi connectivity index (χ3v) is 2.02. The molecule has 0 atom stereocenters. The van der Waals surface area contributed by atoms with Gasteiger partial charge in [0.25, 0.3) is 5.19 Å². The molecular weight excluding hydrogens is 178 g/mol. The van der Waals surface area contributed by atoms with Gasteiger partial charge in [-0.3, -0.25) is 0 Å². The van der Waals surface area contributed by atoms with Gasteiger partial charge in [0.05, 0.1) is 12.8 Å². The lowest BCUT2D eigenvalue weighted by Gasteiger charge is -1.95. The van der Waals surface area contributed by atoms with Crippen LogP contribution in [0.4, 0.5) is 0 Å². The van der Waals surface area contributed by atoms with Gasteiger partial charge in [-0.15, -0.1) is 0 Å². The van der Waals surface area contributed by atoms with Crippen LogP contribution in [-0.4, -0.2) is 22.7 Å². The SMILES string of the molecule is CCCOc1ncc(C(=O)O)s1. The smallest absolute Gasteiger partial charge is 0.347 e. The number of carboxylic acid groups (broad SMARTS) is 1. The predicted molar refractivity (Wildman–Crippen MR) is 44.9 cm³/mol. The molecule has 0 spiro atoms. The Morgan fingerprint density at radius 3 is 3.08 bits per heavy atom. The van der Waals surface area contributed by atoms with E-state index in [-0.39, 0.29) is 4.88 Å². The van der Waals surface area contributed by atoms with Gasteiger partial charge in [0.15, 0.2) is 0 Å². The second-order valence-electron chi connectivity index (χ2n) is 2.14. The molecule has 1 rings (SSSR count). The molecule has 0 fully saturated rings. The van der Waals surface area contributed by atoms with Gasteiger partial charge in [0.1, 0.15) is 4.88 Å². The Morgan fingerprint density at radius 1 is 1.83 bits per heavy atom. The number of thiazole rings is 1. The van der Waals surface area contributed by atoms with Gasteiger partial charge in [-0.2, -0.15) is 0 Å². The van der Waals surface area contributed by atoms with Crippen LogP contribution < -0.4 is 4.74 Å². The summed E-state index contributed by atoms with van der Waals surface area (Å²) in [5.74, 6) is -0.959. The van der Waals surface area contributed by atoms with Gasteiger partial charge < -0.3 is 9.84 Å². The largest absolute Gasteiger partial charge is 0.477 e. The van der Waals surface area contributed by atoms with Gasteiger partial charge in [0, 0.05) is 0 Å². The molecule has 1 aromatic rings. The van der Waals surface area contributed by atoms with Crippen LogP contribution in [0, 0.1) is 0 Å². The van der Waals surface area contributed by atoms with Crippen LogP contribution >= 0.6 is 11.3 Å². The molecule has 1 N–H and O–H groups in total. The summed E-state index contributed by atoms with van der Waals surface area (Å²) in [5, 5.41) is 8.96. The first-order valence-electron chi connectivity index (χ1n) is 3.56. The first-order chi connectivity index (χ1) is 5.74. The van der Waals surface area contributed by atoms with Crippen LogP contribution in [0.5, 0.6) is 5.19 Å². The lowest BCUT2D eigenvalue weighted by atomic mass is 10.5. The zero-order valence-electron chi connectivity index (χ0n) is 6.61. The minimum absolute atomic E-state index is 0.209. The fourth-order valence-corrected chi connectivity index (χ4v) is 1.24. The normalized spacial score (nSPS) is 9.75. The summed E-state index contributed by atoms with van der Waals surface area (Å²) in [6.07, 6.45) is 2.19. The standard InChI is InChI=1S/C7H9NO3S/c1-2-3-11-7-8-4-5(12-7)6(9)10/h4H,2-3H2,1H3,(H,9,10). The average Bonchev–Trinajstić information content (AvgIpc) is 2.48. The molecular formula is C7H9NO3S. The molecule has 0 saturated heterocycles. The van der Waals surface area contributed by atoms with Gasteiger partial charge in [0.2, 0.25) is 0 Å². The Bertz CT molecular complexity index is 271. The molecule has 0 radical (unpaired) electrons. The first kappa shape index (κ1) is 8.99. The summed E-state index contributed by atoms with van der Waals surface area (Å²) in [6, 6.07) is 0. The number of aromatic carboxylic acids is 1. The number of carbonyl (C=O) groups is 1. The maximum Gasteiger partial charge on any atom is 0.347 e. The fraction of sp³-hybridized carbons (Fsp3) is 0.429. The van der Waals surface area contributed by atoms with E-state index in [2.05, 4.69) is 4.98 Å². The summed E-state index contributed by atoms with van der Waals surface area (Å²) in [5.41, 5.74) is 0. The van der Waals surface area contributed by atoms with Crippen molar-refractivity contribution in [2.24, 2.45) is 0 Å². The Hall–Kier alpha value is -1.10. The molecule has 0 aliphatic rings. The number of aromatic nitrogens is 1. The maximum atomic E-state index is 10.4. The summed E-state index contributed by atoms with van der Waals surface area (Å²) in [4.78, 5) is 14.4. The molecule has 0 unspecified atom stereocenters. The van der Waals surface area contributed by atoms with E-state index in [4.69, 9.17) is 9.84 Å². The molecule has 0 saturated carbocycles. The summed E-state index contributed by atoms with van der Waals surface area (Å²) < 4.78 is 5.13. The molecule has 1 aromatic heterocycles. The van der Waals surface area contributed by atoms with E-state index >= 15 is 0 Å². The van der Waals surface area contributed by atoms with Crippen LogP contribution in [0.2, 0.25) is 0 Å². The average molecular weight is 187 g/mol.